The number of aliphatic carboxylic acids is 1. The number of aryl methyl sites for hydroxylation is 1. The molecule has 0 amide bonds. The molecule has 0 saturated heterocycles. The molecule has 1 unspecified atom stereocenters. The minimum atomic E-state index is -0.875. The molecule has 0 aromatic heterocycles. The van der Waals surface area contributed by atoms with Crippen molar-refractivity contribution in [3.05, 3.63) is 59.2 Å². The van der Waals surface area contributed by atoms with Crippen LogP contribution in [0.25, 0.3) is 0 Å². The number of hydrogen-bond acceptors (Lipinski definition) is 4. The van der Waals surface area contributed by atoms with Gasteiger partial charge in [-0.15, -0.1) is 0 Å². The maximum Gasteiger partial charge on any atom is 0.320 e. The van der Waals surface area contributed by atoms with Crippen LogP contribution in [0.4, 0.5) is 0 Å². The number of methoxy groups -OCH3 is 1. The van der Waals surface area contributed by atoms with Crippen molar-refractivity contribution < 1.29 is 19.4 Å². The van der Waals surface area contributed by atoms with E-state index in [4.69, 9.17) is 14.6 Å². The number of ether oxygens (including phenoxy) is 2. The van der Waals surface area contributed by atoms with Crippen molar-refractivity contribution in [1.29, 1.82) is 0 Å². The van der Waals surface area contributed by atoms with Gasteiger partial charge >= 0.3 is 5.97 Å². The van der Waals surface area contributed by atoms with Gasteiger partial charge in [-0.2, -0.15) is 0 Å². The molecular weight excluding hydrogens is 306 g/mol. The van der Waals surface area contributed by atoms with Crippen molar-refractivity contribution in [3.8, 4) is 11.5 Å². The fourth-order valence-electron chi connectivity index (χ4n) is 2.23. The number of carboxylic acids is 1. The van der Waals surface area contributed by atoms with Crippen LogP contribution in [-0.2, 0) is 17.9 Å². The van der Waals surface area contributed by atoms with Gasteiger partial charge in [0.05, 0.1) is 7.11 Å². The second kappa shape index (κ2) is 8.36. The molecule has 2 N–H and O–H groups in total. The first-order valence-corrected chi connectivity index (χ1v) is 7.81. The third-order valence-electron chi connectivity index (χ3n) is 3.86. The number of carbonyl (C=O) groups is 1. The summed E-state index contributed by atoms with van der Waals surface area (Å²) in [4.78, 5) is 10.8. The summed E-state index contributed by atoms with van der Waals surface area (Å²) in [6, 6.07) is 13.1. The number of benzene rings is 2. The molecule has 24 heavy (non-hydrogen) atoms. The first-order valence-electron chi connectivity index (χ1n) is 7.81. The highest BCUT2D eigenvalue weighted by Crippen LogP contribution is 2.29. The molecule has 2 rings (SSSR count). The molecule has 0 spiro atoms. The Hall–Kier alpha value is -2.53. The van der Waals surface area contributed by atoms with Gasteiger partial charge in [0.15, 0.2) is 11.5 Å². The predicted molar refractivity (Wildman–Crippen MR) is 92.4 cm³/mol. The van der Waals surface area contributed by atoms with Crippen molar-refractivity contribution in [2.24, 2.45) is 0 Å². The molecule has 2 aromatic rings. The maximum absolute atomic E-state index is 10.8. The van der Waals surface area contributed by atoms with Crippen LogP contribution in [0.3, 0.4) is 0 Å². The summed E-state index contributed by atoms with van der Waals surface area (Å²) in [7, 11) is 1.59. The lowest BCUT2D eigenvalue weighted by molar-refractivity contribution is -0.139. The van der Waals surface area contributed by atoms with Gasteiger partial charge in [0.2, 0.25) is 0 Å². The Balaban J connectivity index is 2.03. The molecule has 0 heterocycles. The van der Waals surface area contributed by atoms with Gasteiger partial charge < -0.3 is 19.9 Å². The Morgan fingerprint density at radius 1 is 1.21 bits per heavy atom. The molecule has 5 heteroatoms. The van der Waals surface area contributed by atoms with Gasteiger partial charge in [0.25, 0.3) is 0 Å². The summed E-state index contributed by atoms with van der Waals surface area (Å²) in [5.41, 5.74) is 3.24. The van der Waals surface area contributed by atoms with E-state index in [1.807, 2.05) is 49.4 Å². The van der Waals surface area contributed by atoms with Crippen molar-refractivity contribution in [2.45, 2.75) is 33.0 Å². The Morgan fingerprint density at radius 3 is 2.62 bits per heavy atom. The minimum Gasteiger partial charge on any atom is -0.493 e. The zero-order chi connectivity index (χ0) is 17.5. The summed E-state index contributed by atoms with van der Waals surface area (Å²) in [5.74, 6) is 0.418. The molecule has 128 valence electrons. The fourth-order valence-corrected chi connectivity index (χ4v) is 2.23. The second-order valence-corrected chi connectivity index (χ2v) is 5.64. The van der Waals surface area contributed by atoms with Crippen LogP contribution in [0.1, 0.15) is 23.6 Å². The molecule has 0 aliphatic carbocycles. The van der Waals surface area contributed by atoms with Crippen LogP contribution in [0.5, 0.6) is 11.5 Å². The van der Waals surface area contributed by atoms with Gasteiger partial charge in [-0.1, -0.05) is 30.3 Å². The zero-order valence-corrected chi connectivity index (χ0v) is 14.2. The molecule has 0 saturated carbocycles. The second-order valence-electron chi connectivity index (χ2n) is 5.64. The average Bonchev–Trinajstić information content (AvgIpc) is 2.59. The molecule has 0 radical (unpaired) electrons. The van der Waals surface area contributed by atoms with Crippen LogP contribution < -0.4 is 14.8 Å². The molecule has 5 nitrogen and oxygen atoms in total. The van der Waals surface area contributed by atoms with Gasteiger partial charge in [0, 0.05) is 6.54 Å². The summed E-state index contributed by atoms with van der Waals surface area (Å²) in [6.07, 6.45) is 0. The molecule has 1 atom stereocenters. The summed E-state index contributed by atoms with van der Waals surface area (Å²) >= 11 is 0. The standard InChI is InChI=1S/C19H23NO4/c1-13-6-4-5-7-16(13)12-24-17-9-8-15(10-18(17)23-3)11-20-14(2)19(21)22/h4-10,14,20H,11-12H2,1-3H3,(H,21,22). The van der Waals surface area contributed by atoms with E-state index in [-0.39, 0.29) is 0 Å². The fraction of sp³-hybridized carbons (Fsp3) is 0.316. The molecule has 0 bridgehead atoms. The monoisotopic (exact) mass is 329 g/mol. The predicted octanol–water partition coefficient (Wildman–Crippen LogP) is 3.15. The van der Waals surface area contributed by atoms with Crippen molar-refractivity contribution in [2.75, 3.05) is 7.11 Å². The Bertz CT molecular complexity index is 700. The van der Waals surface area contributed by atoms with E-state index >= 15 is 0 Å². The molecule has 0 aliphatic rings. The highest BCUT2D eigenvalue weighted by Gasteiger charge is 2.11. The first-order chi connectivity index (χ1) is 11.5. The van der Waals surface area contributed by atoms with Crippen molar-refractivity contribution >= 4 is 5.97 Å². The lowest BCUT2D eigenvalue weighted by Gasteiger charge is -2.14. The number of carboxylic acid groups (broad SMARTS) is 1. The number of hydrogen-bond donors (Lipinski definition) is 2. The highest BCUT2D eigenvalue weighted by molar-refractivity contribution is 5.72. The van der Waals surface area contributed by atoms with E-state index < -0.39 is 12.0 Å². The lowest BCUT2D eigenvalue weighted by atomic mass is 10.1. The van der Waals surface area contributed by atoms with Crippen LogP contribution in [0.15, 0.2) is 42.5 Å². The van der Waals surface area contributed by atoms with Gasteiger partial charge in [-0.25, -0.2) is 0 Å². The van der Waals surface area contributed by atoms with Crippen LogP contribution in [-0.4, -0.2) is 24.2 Å². The molecule has 0 aliphatic heterocycles. The quantitative estimate of drug-likeness (QED) is 0.779. The lowest BCUT2D eigenvalue weighted by Crippen LogP contribution is -2.33. The first kappa shape index (κ1) is 17.8. The normalized spacial score (nSPS) is 11.8. The number of nitrogens with one attached hydrogen (secondary N) is 1. The molecule has 0 fully saturated rings. The topological polar surface area (TPSA) is 67.8 Å². The number of rotatable bonds is 8. The zero-order valence-electron chi connectivity index (χ0n) is 14.2. The van der Waals surface area contributed by atoms with E-state index in [1.165, 1.54) is 5.56 Å². The van der Waals surface area contributed by atoms with Crippen LogP contribution >= 0.6 is 0 Å². The largest absolute Gasteiger partial charge is 0.493 e. The smallest absolute Gasteiger partial charge is 0.320 e. The molecule has 2 aromatic carbocycles. The van der Waals surface area contributed by atoms with Gasteiger partial charge in [-0.05, 0) is 42.7 Å². The van der Waals surface area contributed by atoms with Gasteiger partial charge in [-0.3, -0.25) is 4.79 Å². The van der Waals surface area contributed by atoms with Crippen LogP contribution in [0.2, 0.25) is 0 Å². The van der Waals surface area contributed by atoms with Crippen molar-refractivity contribution in [1.82, 2.24) is 5.32 Å². The van der Waals surface area contributed by atoms with Gasteiger partial charge in [0.1, 0.15) is 12.6 Å². The third kappa shape index (κ3) is 4.73. The Labute approximate surface area is 142 Å². The van der Waals surface area contributed by atoms with Crippen LogP contribution in [0, 0.1) is 6.92 Å². The average molecular weight is 329 g/mol. The SMILES string of the molecule is COc1cc(CNC(C)C(=O)O)ccc1OCc1ccccc1C. The Morgan fingerprint density at radius 2 is 1.96 bits per heavy atom. The third-order valence-corrected chi connectivity index (χ3v) is 3.86. The van der Waals surface area contributed by atoms with E-state index in [1.54, 1.807) is 14.0 Å². The summed E-state index contributed by atoms with van der Waals surface area (Å²) in [6.45, 7) is 4.58. The van der Waals surface area contributed by atoms with E-state index in [0.717, 1.165) is 11.1 Å². The Kier molecular flexibility index (Phi) is 6.21. The van der Waals surface area contributed by atoms with E-state index in [2.05, 4.69) is 5.32 Å². The highest BCUT2D eigenvalue weighted by atomic mass is 16.5. The minimum absolute atomic E-state index is 0.446. The van der Waals surface area contributed by atoms with E-state index in [0.29, 0.717) is 24.7 Å². The molecular formula is C19H23NO4. The van der Waals surface area contributed by atoms with Crippen molar-refractivity contribution in [3.63, 3.8) is 0 Å². The maximum atomic E-state index is 10.8. The summed E-state index contributed by atoms with van der Waals surface area (Å²) in [5, 5.41) is 11.8. The summed E-state index contributed by atoms with van der Waals surface area (Å²) < 4.78 is 11.3. The van der Waals surface area contributed by atoms with E-state index in [9.17, 15) is 4.79 Å².